The molecular weight excluding hydrogens is 482 g/mol. The second-order valence-corrected chi connectivity index (χ2v) is 9.70. The number of likely N-dealkylation sites (N-methyl/N-ethyl adjacent to an activating group) is 1. The minimum atomic E-state index is 0. The zero-order valence-corrected chi connectivity index (χ0v) is 22.0. The van der Waals surface area contributed by atoms with E-state index in [0.717, 1.165) is 75.3 Å². The maximum absolute atomic E-state index is 10.7. The van der Waals surface area contributed by atoms with Crippen molar-refractivity contribution in [3.05, 3.63) is 84.2 Å². The number of aromatic nitrogens is 4. The summed E-state index contributed by atoms with van der Waals surface area (Å²) in [5.74, 6) is 0.700. The molecule has 7 heteroatoms. The summed E-state index contributed by atoms with van der Waals surface area (Å²) in [4.78, 5) is 2.40. The molecule has 1 N–H and O–H groups in total. The number of likely N-dealkylation sites (tertiary alicyclic amines) is 1. The standard InChI is InChI=1S/C30H29N5O.ClH/c1-4-35-17-23(18-35)27-11-12-28(32-31-27)24-10-9-20(15-26(24)25-7-5-6-8-29(25)36)21-13-19(2)30-22(14-21)16-34(3)33-30;/h5-16,23,36H,4,17-18H2,1-3H3;1H. The van der Waals surface area contributed by atoms with E-state index in [1.54, 1.807) is 6.07 Å². The van der Waals surface area contributed by atoms with Crippen LogP contribution in [-0.4, -0.2) is 49.6 Å². The van der Waals surface area contributed by atoms with Crippen molar-refractivity contribution < 1.29 is 5.11 Å². The number of aryl methyl sites for hydroxylation is 2. The Morgan fingerprint density at radius 3 is 2.43 bits per heavy atom. The summed E-state index contributed by atoms with van der Waals surface area (Å²) in [6, 6.07) is 22.3. The van der Waals surface area contributed by atoms with Gasteiger partial charge in [-0.05, 0) is 72.1 Å². The predicted molar refractivity (Wildman–Crippen MR) is 151 cm³/mol. The molecule has 0 radical (unpaired) electrons. The van der Waals surface area contributed by atoms with Crippen LogP contribution in [0.4, 0.5) is 0 Å². The first kappa shape index (κ1) is 24.9. The minimum absolute atomic E-state index is 0. The maximum atomic E-state index is 10.7. The summed E-state index contributed by atoms with van der Waals surface area (Å²) >= 11 is 0. The number of fused-ring (bicyclic) bond motifs is 1. The van der Waals surface area contributed by atoms with E-state index in [0.29, 0.717) is 5.92 Å². The lowest BCUT2D eigenvalue weighted by Gasteiger charge is -2.37. The molecule has 0 spiro atoms. The van der Waals surface area contributed by atoms with Gasteiger partial charge in [0.1, 0.15) is 5.75 Å². The Morgan fingerprint density at radius 1 is 0.892 bits per heavy atom. The van der Waals surface area contributed by atoms with Crippen molar-refractivity contribution in [1.29, 1.82) is 0 Å². The Bertz CT molecular complexity index is 1570. The summed E-state index contributed by atoms with van der Waals surface area (Å²) in [6.07, 6.45) is 2.04. The molecule has 1 fully saturated rings. The first-order chi connectivity index (χ1) is 17.5. The second-order valence-electron chi connectivity index (χ2n) is 9.70. The first-order valence-electron chi connectivity index (χ1n) is 12.4. The van der Waals surface area contributed by atoms with Crippen molar-refractivity contribution in [2.24, 2.45) is 7.05 Å². The first-order valence-corrected chi connectivity index (χ1v) is 12.4. The number of para-hydroxylation sites is 1. The summed E-state index contributed by atoms with van der Waals surface area (Å²) in [5, 5.41) is 25.6. The van der Waals surface area contributed by atoms with Crippen molar-refractivity contribution in [2.75, 3.05) is 19.6 Å². The van der Waals surface area contributed by atoms with Gasteiger partial charge in [-0.25, -0.2) is 0 Å². The molecule has 1 aliphatic heterocycles. The van der Waals surface area contributed by atoms with Crippen molar-refractivity contribution in [3.8, 4) is 39.3 Å². The number of benzene rings is 3. The van der Waals surface area contributed by atoms with Crippen LogP contribution in [0.25, 0.3) is 44.4 Å². The van der Waals surface area contributed by atoms with Crippen LogP contribution < -0.4 is 0 Å². The number of aromatic hydroxyl groups is 1. The largest absolute Gasteiger partial charge is 0.507 e. The monoisotopic (exact) mass is 511 g/mol. The van der Waals surface area contributed by atoms with Gasteiger partial charge in [-0.1, -0.05) is 37.3 Å². The smallest absolute Gasteiger partial charge is 0.123 e. The number of halogens is 1. The number of phenols is 1. The molecule has 0 unspecified atom stereocenters. The third-order valence-corrected chi connectivity index (χ3v) is 7.24. The summed E-state index contributed by atoms with van der Waals surface area (Å²) in [7, 11) is 1.95. The average Bonchev–Trinajstić information content (AvgIpc) is 3.25. The van der Waals surface area contributed by atoms with Gasteiger partial charge < -0.3 is 10.0 Å². The highest BCUT2D eigenvalue weighted by atomic mass is 35.5. The van der Waals surface area contributed by atoms with Crippen LogP contribution in [0.5, 0.6) is 5.75 Å². The van der Waals surface area contributed by atoms with Crippen LogP contribution in [0.2, 0.25) is 0 Å². The van der Waals surface area contributed by atoms with E-state index in [1.807, 2.05) is 36.1 Å². The minimum Gasteiger partial charge on any atom is -0.507 e. The molecule has 6 nitrogen and oxygen atoms in total. The molecule has 1 aliphatic rings. The number of nitrogens with zero attached hydrogens (tertiary/aromatic N) is 5. The highest BCUT2D eigenvalue weighted by Crippen LogP contribution is 2.39. The zero-order chi connectivity index (χ0) is 24.8. The van der Waals surface area contributed by atoms with Crippen LogP contribution >= 0.6 is 12.4 Å². The topological polar surface area (TPSA) is 67.1 Å². The van der Waals surface area contributed by atoms with Gasteiger partial charge in [-0.15, -0.1) is 12.4 Å². The third-order valence-electron chi connectivity index (χ3n) is 7.24. The summed E-state index contributed by atoms with van der Waals surface area (Å²) in [6.45, 7) is 7.44. The highest BCUT2D eigenvalue weighted by Gasteiger charge is 2.28. The van der Waals surface area contributed by atoms with E-state index in [-0.39, 0.29) is 18.2 Å². The molecule has 0 bridgehead atoms. The van der Waals surface area contributed by atoms with Crippen LogP contribution in [0.1, 0.15) is 24.1 Å². The molecule has 0 saturated carbocycles. The Kier molecular flexibility index (Phi) is 6.71. The van der Waals surface area contributed by atoms with E-state index in [4.69, 9.17) is 0 Å². The predicted octanol–water partition coefficient (Wildman–Crippen LogP) is 6.22. The van der Waals surface area contributed by atoms with Gasteiger partial charge >= 0.3 is 0 Å². The Labute approximate surface area is 223 Å². The van der Waals surface area contributed by atoms with Crippen molar-refractivity contribution in [2.45, 2.75) is 19.8 Å². The molecule has 0 atom stereocenters. The van der Waals surface area contributed by atoms with Crippen LogP contribution in [-0.2, 0) is 7.05 Å². The van der Waals surface area contributed by atoms with E-state index < -0.39 is 0 Å². The average molecular weight is 512 g/mol. The van der Waals surface area contributed by atoms with Gasteiger partial charge in [0.15, 0.2) is 0 Å². The lowest BCUT2D eigenvalue weighted by atomic mass is 9.91. The second kappa shape index (κ2) is 9.96. The quantitative estimate of drug-likeness (QED) is 0.303. The van der Waals surface area contributed by atoms with E-state index >= 15 is 0 Å². The van der Waals surface area contributed by atoms with E-state index in [1.165, 1.54) is 0 Å². The van der Waals surface area contributed by atoms with Gasteiger partial charge in [-0.2, -0.15) is 15.3 Å². The Hall–Kier alpha value is -3.74. The van der Waals surface area contributed by atoms with Gasteiger partial charge in [0.25, 0.3) is 0 Å². The molecule has 2 aromatic heterocycles. The summed E-state index contributed by atoms with van der Waals surface area (Å²) < 4.78 is 1.85. The molecule has 0 aliphatic carbocycles. The van der Waals surface area contributed by atoms with E-state index in [2.05, 4.69) is 76.5 Å². The third kappa shape index (κ3) is 4.59. The zero-order valence-electron chi connectivity index (χ0n) is 21.2. The van der Waals surface area contributed by atoms with E-state index in [9.17, 15) is 5.11 Å². The number of hydrogen-bond acceptors (Lipinski definition) is 5. The fourth-order valence-electron chi connectivity index (χ4n) is 5.19. The number of hydrogen-bond donors (Lipinski definition) is 1. The molecule has 5 aromatic rings. The van der Waals surface area contributed by atoms with Crippen LogP contribution in [0.15, 0.2) is 72.9 Å². The number of rotatable bonds is 5. The molecule has 37 heavy (non-hydrogen) atoms. The number of phenolic OH excluding ortho intramolecular Hbond substituents is 1. The van der Waals surface area contributed by atoms with Gasteiger partial charge in [0.2, 0.25) is 0 Å². The van der Waals surface area contributed by atoms with Crippen molar-refractivity contribution >= 4 is 23.3 Å². The fraction of sp³-hybridized carbons (Fsp3) is 0.233. The van der Waals surface area contributed by atoms with Gasteiger partial charge in [-0.3, -0.25) is 4.68 Å². The molecule has 6 rings (SSSR count). The van der Waals surface area contributed by atoms with Crippen molar-refractivity contribution in [1.82, 2.24) is 24.9 Å². The van der Waals surface area contributed by atoms with Crippen LogP contribution in [0, 0.1) is 6.92 Å². The van der Waals surface area contributed by atoms with Crippen LogP contribution in [0.3, 0.4) is 0 Å². The lowest BCUT2D eigenvalue weighted by molar-refractivity contribution is 0.154. The molecule has 3 aromatic carbocycles. The SMILES string of the molecule is CCN1CC(c2ccc(-c3ccc(-c4cc(C)c5nn(C)cc5c4)cc3-c3ccccc3O)nn2)C1.Cl. The van der Waals surface area contributed by atoms with Gasteiger partial charge in [0.05, 0.1) is 16.9 Å². The molecule has 0 amide bonds. The highest BCUT2D eigenvalue weighted by molar-refractivity contribution is 5.91. The van der Waals surface area contributed by atoms with Gasteiger partial charge in [0, 0.05) is 48.8 Å². The Balaban J connectivity index is 0.00000280. The fourth-order valence-corrected chi connectivity index (χ4v) is 5.19. The molecule has 3 heterocycles. The Morgan fingerprint density at radius 2 is 1.70 bits per heavy atom. The molecule has 1 saturated heterocycles. The summed E-state index contributed by atoms with van der Waals surface area (Å²) in [5.41, 5.74) is 8.83. The normalized spacial score (nSPS) is 13.9. The lowest BCUT2D eigenvalue weighted by Crippen LogP contribution is -2.44. The maximum Gasteiger partial charge on any atom is 0.123 e. The molecular formula is C30H30ClN5O. The molecule has 188 valence electrons. The van der Waals surface area contributed by atoms with Crippen molar-refractivity contribution in [3.63, 3.8) is 0 Å².